The van der Waals surface area contributed by atoms with Crippen LogP contribution in [0.25, 0.3) is 0 Å². The number of rotatable bonds is 4. The summed E-state index contributed by atoms with van der Waals surface area (Å²) in [4.78, 5) is 12.3. The molecule has 1 aromatic heterocycles. The third-order valence-corrected chi connectivity index (χ3v) is 7.73. The maximum atomic E-state index is 13.3. The van der Waals surface area contributed by atoms with Gasteiger partial charge >= 0.3 is 0 Å². The number of amides is 1. The van der Waals surface area contributed by atoms with E-state index in [0.717, 1.165) is 12.0 Å². The van der Waals surface area contributed by atoms with E-state index in [1.165, 1.54) is 39.9 Å². The Hall–Kier alpha value is -2.71. The Bertz CT molecular complexity index is 1130. The van der Waals surface area contributed by atoms with Crippen LogP contribution in [0.3, 0.4) is 0 Å². The Labute approximate surface area is 166 Å². The number of sulfonamides is 1. The molecule has 2 aromatic carbocycles. The first-order valence-electron chi connectivity index (χ1n) is 8.71. The fraction of sp³-hybridized carbons (Fsp3) is 0.150. The van der Waals surface area contributed by atoms with Crippen LogP contribution in [0.4, 0.5) is 15.8 Å². The molecule has 1 aliphatic heterocycles. The summed E-state index contributed by atoms with van der Waals surface area (Å²) >= 11 is 1.19. The molecule has 0 saturated heterocycles. The molecule has 0 atom stereocenters. The number of thiophene rings is 1. The number of aryl methyl sites for hydroxylation is 1. The minimum absolute atomic E-state index is 0.222. The lowest BCUT2D eigenvalue weighted by molar-refractivity contribution is 0.102. The maximum absolute atomic E-state index is 13.3. The summed E-state index contributed by atoms with van der Waals surface area (Å²) < 4.78 is 40.9. The van der Waals surface area contributed by atoms with Crippen LogP contribution in [0.1, 0.15) is 22.3 Å². The van der Waals surface area contributed by atoms with E-state index in [-0.39, 0.29) is 5.56 Å². The molecular formula is C20H17FN2O3S2. The monoisotopic (exact) mass is 416 g/mol. The molecule has 0 spiro atoms. The summed E-state index contributed by atoms with van der Waals surface area (Å²) in [7, 11) is -3.59. The molecule has 2 heterocycles. The number of fused-ring (bicyclic) bond motifs is 1. The zero-order chi connectivity index (χ0) is 19.7. The quantitative estimate of drug-likeness (QED) is 0.690. The third kappa shape index (κ3) is 3.53. The van der Waals surface area contributed by atoms with Gasteiger partial charge in [-0.25, -0.2) is 12.8 Å². The third-order valence-electron chi connectivity index (χ3n) is 4.54. The average molecular weight is 416 g/mol. The van der Waals surface area contributed by atoms with E-state index in [2.05, 4.69) is 5.32 Å². The summed E-state index contributed by atoms with van der Waals surface area (Å²) in [5.74, 6) is -0.897. The Morgan fingerprint density at radius 2 is 1.96 bits per heavy atom. The first-order valence-corrected chi connectivity index (χ1v) is 11.0. The van der Waals surface area contributed by atoms with Crippen molar-refractivity contribution in [2.75, 3.05) is 16.2 Å². The molecule has 8 heteroatoms. The van der Waals surface area contributed by atoms with Gasteiger partial charge in [-0.15, -0.1) is 11.3 Å². The van der Waals surface area contributed by atoms with Crippen LogP contribution in [-0.4, -0.2) is 20.9 Å². The van der Waals surface area contributed by atoms with Gasteiger partial charge in [0.15, 0.2) is 0 Å². The molecule has 1 amide bonds. The minimum atomic E-state index is -3.59. The number of nitrogens with one attached hydrogen (secondary N) is 1. The lowest BCUT2D eigenvalue weighted by atomic mass is 10.0. The van der Waals surface area contributed by atoms with E-state index < -0.39 is 21.7 Å². The fourth-order valence-corrected chi connectivity index (χ4v) is 5.89. The van der Waals surface area contributed by atoms with Gasteiger partial charge in [0.2, 0.25) is 0 Å². The number of carbonyl (C=O) groups is 1. The van der Waals surface area contributed by atoms with Crippen molar-refractivity contribution >= 4 is 38.6 Å². The molecule has 144 valence electrons. The van der Waals surface area contributed by atoms with Gasteiger partial charge in [0.05, 0.1) is 5.69 Å². The Kier molecular flexibility index (Phi) is 4.91. The van der Waals surface area contributed by atoms with Crippen molar-refractivity contribution in [1.82, 2.24) is 0 Å². The van der Waals surface area contributed by atoms with Crippen LogP contribution in [-0.2, 0) is 16.4 Å². The van der Waals surface area contributed by atoms with Crippen molar-refractivity contribution in [1.29, 1.82) is 0 Å². The largest absolute Gasteiger partial charge is 0.322 e. The van der Waals surface area contributed by atoms with Crippen molar-refractivity contribution in [2.24, 2.45) is 0 Å². The first-order chi connectivity index (χ1) is 13.4. The van der Waals surface area contributed by atoms with Gasteiger partial charge in [0.1, 0.15) is 10.0 Å². The lowest BCUT2D eigenvalue weighted by Gasteiger charge is -2.30. The van der Waals surface area contributed by atoms with Crippen molar-refractivity contribution in [3.8, 4) is 0 Å². The Morgan fingerprint density at radius 1 is 1.11 bits per heavy atom. The molecule has 5 nitrogen and oxygen atoms in total. The summed E-state index contributed by atoms with van der Waals surface area (Å²) in [6.07, 6.45) is 1.41. The minimum Gasteiger partial charge on any atom is -0.322 e. The Balaban J connectivity index is 1.61. The van der Waals surface area contributed by atoms with Gasteiger partial charge in [-0.1, -0.05) is 12.1 Å². The van der Waals surface area contributed by atoms with E-state index in [1.807, 2.05) is 0 Å². The molecular weight excluding hydrogens is 399 g/mol. The highest BCUT2D eigenvalue weighted by Gasteiger charge is 2.30. The molecule has 0 radical (unpaired) electrons. The van der Waals surface area contributed by atoms with E-state index >= 15 is 0 Å². The zero-order valence-corrected chi connectivity index (χ0v) is 16.4. The highest BCUT2D eigenvalue weighted by atomic mass is 32.2. The predicted octanol–water partition coefficient (Wildman–Crippen LogP) is 4.28. The topological polar surface area (TPSA) is 66.5 Å². The lowest BCUT2D eigenvalue weighted by Crippen LogP contribution is -2.35. The second-order valence-electron chi connectivity index (χ2n) is 6.42. The first kappa shape index (κ1) is 18.6. The summed E-state index contributed by atoms with van der Waals surface area (Å²) in [6.45, 7) is 0.419. The van der Waals surface area contributed by atoms with Crippen LogP contribution in [0.5, 0.6) is 0 Å². The molecule has 0 saturated carbocycles. The Morgan fingerprint density at radius 3 is 2.71 bits per heavy atom. The zero-order valence-electron chi connectivity index (χ0n) is 14.8. The second kappa shape index (κ2) is 7.37. The summed E-state index contributed by atoms with van der Waals surface area (Å²) in [6, 6.07) is 13.9. The van der Waals surface area contributed by atoms with Gasteiger partial charge in [-0.2, -0.15) is 0 Å². The highest BCUT2D eigenvalue weighted by Crippen LogP contribution is 2.34. The van der Waals surface area contributed by atoms with Crippen molar-refractivity contribution in [2.45, 2.75) is 17.1 Å². The molecule has 0 bridgehead atoms. The molecule has 1 aliphatic rings. The van der Waals surface area contributed by atoms with Gasteiger partial charge in [-0.05, 0) is 66.2 Å². The highest BCUT2D eigenvalue weighted by molar-refractivity contribution is 7.94. The van der Waals surface area contributed by atoms with Gasteiger partial charge in [-0.3, -0.25) is 9.10 Å². The molecule has 0 fully saturated rings. The molecule has 28 heavy (non-hydrogen) atoms. The maximum Gasteiger partial charge on any atom is 0.273 e. The van der Waals surface area contributed by atoms with Crippen molar-refractivity contribution < 1.29 is 17.6 Å². The van der Waals surface area contributed by atoms with Crippen molar-refractivity contribution in [3.05, 3.63) is 76.9 Å². The summed E-state index contributed by atoms with van der Waals surface area (Å²) in [5, 5.41) is 4.48. The standard InChI is InChI=1S/C20H17FN2O3S2/c21-16-6-1-4-15(12-16)20(24)22-17-8-9-18-14(13-17)5-2-10-23(18)28(25,26)19-7-3-11-27-19/h1,3-4,6-9,11-13H,2,5,10H2,(H,22,24). The fourth-order valence-electron chi connectivity index (χ4n) is 3.24. The average Bonchev–Trinajstić information content (AvgIpc) is 3.23. The molecule has 1 N–H and O–H groups in total. The van der Waals surface area contributed by atoms with E-state index in [1.54, 1.807) is 35.7 Å². The van der Waals surface area contributed by atoms with Crippen LogP contribution < -0.4 is 9.62 Å². The molecule has 4 rings (SSSR count). The van der Waals surface area contributed by atoms with E-state index in [4.69, 9.17) is 0 Å². The summed E-state index contributed by atoms with van der Waals surface area (Å²) in [5.41, 5.74) is 2.25. The van der Waals surface area contributed by atoms with Crippen LogP contribution in [0, 0.1) is 5.82 Å². The number of anilines is 2. The van der Waals surface area contributed by atoms with Crippen LogP contribution in [0.2, 0.25) is 0 Å². The van der Waals surface area contributed by atoms with Gasteiger partial charge < -0.3 is 5.32 Å². The number of benzene rings is 2. The molecule has 3 aromatic rings. The van der Waals surface area contributed by atoms with E-state index in [9.17, 15) is 17.6 Å². The number of nitrogens with zero attached hydrogens (tertiary/aromatic N) is 1. The normalized spacial score (nSPS) is 13.8. The number of hydrogen-bond acceptors (Lipinski definition) is 4. The number of hydrogen-bond donors (Lipinski definition) is 1. The SMILES string of the molecule is O=C(Nc1ccc2c(c1)CCCN2S(=O)(=O)c1cccs1)c1cccc(F)c1. The smallest absolute Gasteiger partial charge is 0.273 e. The van der Waals surface area contributed by atoms with Gasteiger partial charge in [0.25, 0.3) is 15.9 Å². The van der Waals surface area contributed by atoms with Gasteiger partial charge in [0, 0.05) is 17.8 Å². The van der Waals surface area contributed by atoms with E-state index in [0.29, 0.717) is 28.5 Å². The number of carbonyl (C=O) groups excluding carboxylic acids is 1. The van der Waals surface area contributed by atoms with Crippen LogP contribution >= 0.6 is 11.3 Å². The second-order valence-corrected chi connectivity index (χ2v) is 9.46. The predicted molar refractivity (Wildman–Crippen MR) is 108 cm³/mol. The molecule has 0 unspecified atom stereocenters. The van der Waals surface area contributed by atoms with Crippen molar-refractivity contribution in [3.63, 3.8) is 0 Å². The van der Waals surface area contributed by atoms with Crippen LogP contribution in [0.15, 0.2) is 64.2 Å². The molecule has 0 aliphatic carbocycles. The number of halogens is 1.